The molecule has 5 rings (SSSR count). The second-order valence-electron chi connectivity index (χ2n) is 7.31. The minimum atomic E-state index is 0.0473. The number of nitrogens with one attached hydrogen (secondary N) is 1. The molecule has 1 aliphatic heterocycles. The Bertz CT molecular complexity index is 1030. The highest BCUT2D eigenvalue weighted by Crippen LogP contribution is 2.39. The van der Waals surface area contributed by atoms with Crippen molar-refractivity contribution in [2.24, 2.45) is 0 Å². The van der Waals surface area contributed by atoms with Crippen molar-refractivity contribution in [1.29, 1.82) is 0 Å². The second kappa shape index (κ2) is 7.65. The van der Waals surface area contributed by atoms with Crippen LogP contribution in [0.3, 0.4) is 0 Å². The molecule has 1 saturated heterocycles. The van der Waals surface area contributed by atoms with Crippen LogP contribution in [-0.2, 0) is 12.8 Å². The zero-order valence-corrected chi connectivity index (χ0v) is 17.3. The lowest BCUT2D eigenvalue weighted by Gasteiger charge is -2.27. The Kier molecular flexibility index (Phi) is 4.85. The molecule has 6 nitrogen and oxygen atoms in total. The van der Waals surface area contributed by atoms with E-state index in [0.29, 0.717) is 12.3 Å². The van der Waals surface area contributed by atoms with Gasteiger partial charge in [0, 0.05) is 42.2 Å². The highest BCUT2D eigenvalue weighted by Gasteiger charge is 2.31. The van der Waals surface area contributed by atoms with Crippen molar-refractivity contribution in [3.8, 4) is 22.7 Å². The number of aromatic nitrogens is 2. The molecule has 0 saturated carbocycles. The number of hydrogen-bond acceptors (Lipinski definition) is 5. The number of carbonyl (C=O) groups excluding carboxylic acids is 1. The van der Waals surface area contributed by atoms with E-state index in [-0.39, 0.29) is 5.91 Å². The molecular formula is C22H24N4O2S. The SMILES string of the molecule is CCOc1ccc(-n2nc(C(=O)N3CCNCC3)c3c2-c2ccsc2CC3)cc1. The van der Waals surface area contributed by atoms with E-state index in [1.165, 1.54) is 10.4 Å². The number of piperazine rings is 1. The van der Waals surface area contributed by atoms with E-state index in [1.807, 2.05) is 40.8 Å². The molecule has 0 spiro atoms. The summed E-state index contributed by atoms with van der Waals surface area (Å²) in [5.74, 6) is 0.886. The Morgan fingerprint density at radius 3 is 2.72 bits per heavy atom. The average Bonchev–Trinajstić information content (AvgIpc) is 3.39. The first-order valence-electron chi connectivity index (χ1n) is 10.2. The standard InChI is InChI=1S/C22H24N4O2S/c1-2-28-16-5-3-15(4-6-16)26-21-17-9-14-29-19(17)8-7-18(21)20(24-26)22(27)25-12-10-23-11-13-25/h3-6,9,14,23H,2,7-8,10-13H2,1H3. The molecule has 1 N–H and O–H groups in total. The smallest absolute Gasteiger partial charge is 0.274 e. The Hall–Kier alpha value is -2.64. The van der Waals surface area contributed by atoms with Gasteiger partial charge in [-0.05, 0) is 55.5 Å². The van der Waals surface area contributed by atoms with Crippen LogP contribution in [-0.4, -0.2) is 53.4 Å². The number of thiophene rings is 1. The summed E-state index contributed by atoms with van der Waals surface area (Å²) in [6, 6.07) is 10.1. The number of benzene rings is 1. The molecule has 1 aromatic carbocycles. The molecule has 3 aromatic rings. The van der Waals surface area contributed by atoms with E-state index < -0.39 is 0 Å². The number of nitrogens with zero attached hydrogens (tertiary/aromatic N) is 3. The fraction of sp³-hybridized carbons (Fsp3) is 0.364. The fourth-order valence-electron chi connectivity index (χ4n) is 4.17. The van der Waals surface area contributed by atoms with Gasteiger partial charge in [-0.25, -0.2) is 4.68 Å². The summed E-state index contributed by atoms with van der Waals surface area (Å²) in [7, 11) is 0. The van der Waals surface area contributed by atoms with E-state index in [4.69, 9.17) is 9.84 Å². The number of fused-ring (bicyclic) bond motifs is 3. The molecule has 0 unspecified atom stereocenters. The van der Waals surface area contributed by atoms with Crippen molar-refractivity contribution in [3.05, 3.63) is 51.8 Å². The molecule has 2 aromatic heterocycles. The molecule has 0 atom stereocenters. The van der Waals surface area contributed by atoms with Gasteiger partial charge in [-0.1, -0.05) is 0 Å². The zero-order chi connectivity index (χ0) is 19.8. The molecule has 7 heteroatoms. The van der Waals surface area contributed by atoms with Crippen molar-refractivity contribution >= 4 is 17.2 Å². The van der Waals surface area contributed by atoms with Crippen LogP contribution in [0.15, 0.2) is 35.7 Å². The number of amides is 1. The summed E-state index contributed by atoms with van der Waals surface area (Å²) >= 11 is 1.78. The Morgan fingerprint density at radius 1 is 1.17 bits per heavy atom. The van der Waals surface area contributed by atoms with Crippen molar-refractivity contribution < 1.29 is 9.53 Å². The van der Waals surface area contributed by atoms with Crippen LogP contribution in [0.2, 0.25) is 0 Å². The third-order valence-corrected chi connectivity index (χ3v) is 6.57. The summed E-state index contributed by atoms with van der Waals surface area (Å²) < 4.78 is 7.53. The Morgan fingerprint density at radius 2 is 1.97 bits per heavy atom. The van der Waals surface area contributed by atoms with Crippen LogP contribution in [0.1, 0.15) is 27.9 Å². The maximum atomic E-state index is 13.3. The van der Waals surface area contributed by atoms with Gasteiger partial charge in [0.2, 0.25) is 0 Å². The minimum absolute atomic E-state index is 0.0473. The average molecular weight is 409 g/mol. The molecule has 1 amide bonds. The first kappa shape index (κ1) is 18.4. The lowest BCUT2D eigenvalue weighted by molar-refractivity contribution is 0.0728. The highest BCUT2D eigenvalue weighted by molar-refractivity contribution is 7.10. The summed E-state index contributed by atoms with van der Waals surface area (Å²) in [6.45, 7) is 5.74. The number of carbonyl (C=O) groups is 1. The summed E-state index contributed by atoms with van der Waals surface area (Å²) in [5, 5.41) is 10.3. The van der Waals surface area contributed by atoms with Gasteiger partial charge in [-0.2, -0.15) is 5.10 Å². The largest absolute Gasteiger partial charge is 0.494 e. The summed E-state index contributed by atoms with van der Waals surface area (Å²) in [6.07, 6.45) is 1.82. The van der Waals surface area contributed by atoms with Gasteiger partial charge in [0.05, 0.1) is 18.0 Å². The molecule has 0 radical (unpaired) electrons. The zero-order valence-electron chi connectivity index (χ0n) is 16.5. The fourth-order valence-corrected chi connectivity index (χ4v) is 5.05. The van der Waals surface area contributed by atoms with Gasteiger partial charge < -0.3 is 15.0 Å². The maximum Gasteiger partial charge on any atom is 0.274 e. The highest BCUT2D eigenvalue weighted by atomic mass is 32.1. The van der Waals surface area contributed by atoms with Crippen molar-refractivity contribution in [2.45, 2.75) is 19.8 Å². The van der Waals surface area contributed by atoms with Gasteiger partial charge in [0.25, 0.3) is 5.91 Å². The molecular weight excluding hydrogens is 384 g/mol. The lowest BCUT2D eigenvalue weighted by Crippen LogP contribution is -2.46. The van der Waals surface area contributed by atoms with E-state index in [0.717, 1.165) is 61.7 Å². The van der Waals surface area contributed by atoms with Crippen molar-refractivity contribution in [3.63, 3.8) is 0 Å². The third-order valence-electron chi connectivity index (χ3n) is 5.59. The normalized spacial score (nSPS) is 15.7. The topological polar surface area (TPSA) is 59.4 Å². The number of hydrogen-bond donors (Lipinski definition) is 1. The van der Waals surface area contributed by atoms with Crippen LogP contribution < -0.4 is 10.1 Å². The predicted molar refractivity (Wildman–Crippen MR) is 114 cm³/mol. The van der Waals surface area contributed by atoms with Crippen LogP contribution in [0.25, 0.3) is 16.9 Å². The van der Waals surface area contributed by atoms with Crippen LogP contribution in [0, 0.1) is 0 Å². The van der Waals surface area contributed by atoms with E-state index in [2.05, 4.69) is 16.8 Å². The van der Waals surface area contributed by atoms with Gasteiger partial charge in [-0.3, -0.25) is 4.79 Å². The first-order valence-corrected chi connectivity index (χ1v) is 11.1. The monoisotopic (exact) mass is 408 g/mol. The maximum absolute atomic E-state index is 13.3. The van der Waals surface area contributed by atoms with Crippen LogP contribution >= 0.6 is 11.3 Å². The van der Waals surface area contributed by atoms with Gasteiger partial charge in [0.15, 0.2) is 5.69 Å². The molecule has 150 valence electrons. The molecule has 29 heavy (non-hydrogen) atoms. The van der Waals surface area contributed by atoms with E-state index >= 15 is 0 Å². The van der Waals surface area contributed by atoms with Gasteiger partial charge >= 0.3 is 0 Å². The quantitative estimate of drug-likeness (QED) is 0.721. The molecule has 3 heterocycles. The van der Waals surface area contributed by atoms with Crippen molar-refractivity contribution in [1.82, 2.24) is 20.0 Å². The molecule has 0 bridgehead atoms. The minimum Gasteiger partial charge on any atom is -0.494 e. The predicted octanol–water partition coefficient (Wildman–Crippen LogP) is 3.14. The molecule has 1 aliphatic carbocycles. The Labute approximate surface area is 174 Å². The van der Waals surface area contributed by atoms with E-state index in [9.17, 15) is 4.79 Å². The first-order chi connectivity index (χ1) is 14.3. The van der Waals surface area contributed by atoms with Gasteiger partial charge in [0.1, 0.15) is 5.75 Å². The molecule has 1 fully saturated rings. The van der Waals surface area contributed by atoms with Crippen LogP contribution in [0.4, 0.5) is 0 Å². The van der Waals surface area contributed by atoms with E-state index in [1.54, 1.807) is 11.3 Å². The van der Waals surface area contributed by atoms with Crippen LogP contribution in [0.5, 0.6) is 5.75 Å². The summed E-state index contributed by atoms with van der Waals surface area (Å²) in [5.41, 5.74) is 4.90. The number of ether oxygens (including phenoxy) is 1. The second-order valence-corrected chi connectivity index (χ2v) is 8.31. The van der Waals surface area contributed by atoms with Gasteiger partial charge in [-0.15, -0.1) is 11.3 Å². The number of aryl methyl sites for hydroxylation is 1. The number of rotatable bonds is 4. The third kappa shape index (κ3) is 3.24. The molecule has 2 aliphatic rings. The van der Waals surface area contributed by atoms with Crippen molar-refractivity contribution in [2.75, 3.05) is 32.8 Å². The Balaban J connectivity index is 1.61. The summed E-state index contributed by atoms with van der Waals surface area (Å²) in [4.78, 5) is 16.6. The lowest BCUT2D eigenvalue weighted by atomic mass is 9.94.